The number of nitrogens with zero attached hydrogens (tertiary/aromatic N) is 2. The maximum atomic E-state index is 14.4. The Morgan fingerprint density at radius 2 is 1.53 bits per heavy atom. The number of anilines is 1. The molecule has 0 bridgehead atoms. The molecule has 0 spiro atoms. The maximum absolute atomic E-state index is 14.4. The number of halogens is 3. The molecule has 4 aromatic carbocycles. The summed E-state index contributed by atoms with van der Waals surface area (Å²) in [6.45, 7) is 3.41. The van der Waals surface area contributed by atoms with E-state index in [1.54, 1.807) is 12.1 Å². The summed E-state index contributed by atoms with van der Waals surface area (Å²) in [5, 5.41) is 3.21. The zero-order chi connectivity index (χ0) is 32.6. The van der Waals surface area contributed by atoms with Crippen LogP contribution in [-0.2, 0) is 32.6 Å². The number of aryl methyl sites for hydroxylation is 1. The first kappa shape index (κ1) is 34.0. The minimum Gasteiger partial charge on any atom is -0.354 e. The van der Waals surface area contributed by atoms with E-state index in [4.69, 9.17) is 23.2 Å². The van der Waals surface area contributed by atoms with Crippen molar-refractivity contribution in [3.05, 3.63) is 130 Å². The summed E-state index contributed by atoms with van der Waals surface area (Å²) < 4.78 is 42.9. The first-order valence-electron chi connectivity index (χ1n) is 14.4. The van der Waals surface area contributed by atoms with Crippen molar-refractivity contribution in [2.75, 3.05) is 17.4 Å². The Hall–Kier alpha value is -3.92. The van der Waals surface area contributed by atoms with Crippen LogP contribution in [0.25, 0.3) is 0 Å². The molecule has 45 heavy (non-hydrogen) atoms. The zero-order valence-corrected chi connectivity index (χ0v) is 27.2. The quantitative estimate of drug-likeness (QED) is 0.170. The van der Waals surface area contributed by atoms with E-state index >= 15 is 0 Å². The second kappa shape index (κ2) is 15.4. The number of benzene rings is 4. The van der Waals surface area contributed by atoms with Crippen molar-refractivity contribution in [3.8, 4) is 0 Å². The number of carbonyl (C=O) groups is 2. The molecule has 1 unspecified atom stereocenters. The maximum Gasteiger partial charge on any atom is 0.264 e. The van der Waals surface area contributed by atoms with Crippen LogP contribution in [0, 0.1) is 12.7 Å². The Kier molecular flexibility index (Phi) is 11.6. The van der Waals surface area contributed by atoms with E-state index in [0.29, 0.717) is 18.5 Å². The Labute approximate surface area is 273 Å². The van der Waals surface area contributed by atoms with Gasteiger partial charge in [0.1, 0.15) is 18.4 Å². The van der Waals surface area contributed by atoms with Crippen molar-refractivity contribution in [3.63, 3.8) is 0 Å². The van der Waals surface area contributed by atoms with E-state index in [9.17, 15) is 22.4 Å². The highest BCUT2D eigenvalue weighted by Gasteiger charge is 2.34. The molecule has 2 amide bonds. The Morgan fingerprint density at radius 1 is 0.867 bits per heavy atom. The smallest absolute Gasteiger partial charge is 0.264 e. The van der Waals surface area contributed by atoms with Crippen LogP contribution in [0.5, 0.6) is 0 Å². The summed E-state index contributed by atoms with van der Waals surface area (Å²) in [4.78, 5) is 29.4. The first-order chi connectivity index (χ1) is 21.5. The summed E-state index contributed by atoms with van der Waals surface area (Å²) >= 11 is 12.4. The van der Waals surface area contributed by atoms with Crippen molar-refractivity contribution in [1.82, 2.24) is 10.2 Å². The van der Waals surface area contributed by atoms with Gasteiger partial charge in [-0.2, -0.15) is 0 Å². The fourth-order valence-electron chi connectivity index (χ4n) is 4.71. The van der Waals surface area contributed by atoms with Crippen LogP contribution in [0.15, 0.2) is 102 Å². The highest BCUT2D eigenvalue weighted by Crippen LogP contribution is 2.31. The highest BCUT2D eigenvalue weighted by molar-refractivity contribution is 7.92. The fourth-order valence-corrected chi connectivity index (χ4v) is 6.41. The Bertz CT molecular complexity index is 1720. The zero-order valence-electron chi connectivity index (χ0n) is 24.9. The van der Waals surface area contributed by atoms with Gasteiger partial charge in [-0.05, 0) is 66.9 Å². The van der Waals surface area contributed by atoms with Gasteiger partial charge >= 0.3 is 0 Å². The minimum atomic E-state index is -4.29. The van der Waals surface area contributed by atoms with Crippen LogP contribution < -0.4 is 9.62 Å². The molecule has 0 aromatic heterocycles. The predicted octanol–water partition coefficient (Wildman–Crippen LogP) is 6.80. The number of nitrogens with one attached hydrogen (secondary N) is 1. The lowest BCUT2D eigenvalue weighted by Gasteiger charge is -2.34. The number of hydrogen-bond acceptors (Lipinski definition) is 4. The van der Waals surface area contributed by atoms with Gasteiger partial charge in [-0.3, -0.25) is 13.9 Å². The number of hydrogen-bond donors (Lipinski definition) is 1. The van der Waals surface area contributed by atoms with Crippen molar-refractivity contribution >= 4 is 50.7 Å². The molecule has 1 N–H and O–H groups in total. The summed E-state index contributed by atoms with van der Waals surface area (Å²) in [5.74, 6) is -1.49. The molecule has 11 heteroatoms. The molecular weight excluding hydrogens is 636 g/mol. The Morgan fingerprint density at radius 3 is 2.16 bits per heavy atom. The second-order valence-electron chi connectivity index (χ2n) is 10.6. The molecule has 0 heterocycles. The molecule has 0 saturated heterocycles. The lowest BCUT2D eigenvalue weighted by Crippen LogP contribution is -2.53. The van der Waals surface area contributed by atoms with E-state index in [2.05, 4.69) is 5.32 Å². The van der Waals surface area contributed by atoms with Crippen molar-refractivity contribution in [2.45, 2.75) is 44.2 Å². The van der Waals surface area contributed by atoms with Crippen LogP contribution in [0.3, 0.4) is 0 Å². The highest BCUT2D eigenvalue weighted by atomic mass is 35.5. The van der Waals surface area contributed by atoms with E-state index < -0.39 is 40.2 Å². The third-order valence-electron chi connectivity index (χ3n) is 7.17. The number of amides is 2. The van der Waals surface area contributed by atoms with Crippen LogP contribution >= 0.6 is 23.2 Å². The van der Waals surface area contributed by atoms with Crippen molar-refractivity contribution in [1.29, 1.82) is 0 Å². The van der Waals surface area contributed by atoms with Crippen LogP contribution in [0.2, 0.25) is 10.0 Å². The molecular formula is C34H34Cl2FN3O4S. The van der Waals surface area contributed by atoms with Crippen LogP contribution in [0.4, 0.5) is 10.1 Å². The number of carbonyl (C=O) groups excluding carboxylic acids is 2. The summed E-state index contributed by atoms with van der Waals surface area (Å²) in [7, 11) is -4.29. The van der Waals surface area contributed by atoms with Gasteiger partial charge in [0.25, 0.3) is 10.0 Å². The van der Waals surface area contributed by atoms with Gasteiger partial charge in [-0.25, -0.2) is 12.8 Å². The van der Waals surface area contributed by atoms with Crippen LogP contribution in [0.1, 0.15) is 30.0 Å². The molecule has 0 radical (unpaired) electrons. The molecule has 0 aliphatic rings. The second-order valence-corrected chi connectivity index (χ2v) is 13.2. The SMILES string of the molecule is CCCNC(=O)C(Cc1ccccc1)N(Cc1ccc(F)cc1)C(=O)CN(c1ccc(Cl)c(Cl)c1)S(=O)(=O)c1ccc(C)cc1. The molecule has 1 atom stereocenters. The molecule has 236 valence electrons. The monoisotopic (exact) mass is 669 g/mol. The molecule has 0 aliphatic carbocycles. The Balaban J connectivity index is 1.81. The van der Waals surface area contributed by atoms with Crippen LogP contribution in [-0.4, -0.2) is 44.3 Å². The van der Waals surface area contributed by atoms with Gasteiger partial charge in [0.15, 0.2) is 0 Å². The van der Waals surface area contributed by atoms with Gasteiger partial charge in [-0.15, -0.1) is 0 Å². The fraction of sp³-hybridized carbons (Fsp3) is 0.235. The van der Waals surface area contributed by atoms with E-state index in [1.165, 1.54) is 59.5 Å². The van der Waals surface area contributed by atoms with E-state index in [0.717, 1.165) is 15.4 Å². The molecule has 4 aromatic rings. The molecule has 4 rings (SSSR count). The lowest BCUT2D eigenvalue weighted by molar-refractivity contribution is -0.140. The standard InChI is InChI=1S/C34H34Cl2FN3O4S/c1-3-19-38-34(42)32(20-25-7-5-4-6-8-25)39(22-26-11-13-27(37)14-12-26)33(41)23-40(28-15-18-30(35)31(36)21-28)45(43,44)29-16-9-24(2)10-17-29/h4-18,21,32H,3,19-20,22-23H2,1-2H3,(H,38,42). The summed E-state index contributed by atoms with van der Waals surface area (Å²) in [5.41, 5.74) is 2.35. The van der Waals surface area contributed by atoms with Gasteiger partial charge < -0.3 is 10.2 Å². The van der Waals surface area contributed by atoms with Crippen molar-refractivity contribution in [2.24, 2.45) is 0 Å². The lowest BCUT2D eigenvalue weighted by atomic mass is 10.0. The normalized spacial score (nSPS) is 11.9. The average molecular weight is 671 g/mol. The first-order valence-corrected chi connectivity index (χ1v) is 16.6. The van der Waals surface area contributed by atoms with Gasteiger partial charge in [0.05, 0.1) is 20.6 Å². The molecule has 0 saturated carbocycles. The predicted molar refractivity (Wildman–Crippen MR) is 176 cm³/mol. The minimum absolute atomic E-state index is 0.0291. The molecule has 0 aliphatic heterocycles. The van der Waals surface area contributed by atoms with Gasteiger partial charge in [-0.1, -0.05) is 90.3 Å². The van der Waals surface area contributed by atoms with Gasteiger partial charge in [0, 0.05) is 19.5 Å². The molecule has 7 nitrogen and oxygen atoms in total. The molecule has 0 fully saturated rings. The number of rotatable bonds is 13. The largest absolute Gasteiger partial charge is 0.354 e. The van der Waals surface area contributed by atoms with E-state index in [1.807, 2.05) is 44.2 Å². The number of sulfonamides is 1. The van der Waals surface area contributed by atoms with E-state index in [-0.39, 0.29) is 33.6 Å². The third-order valence-corrected chi connectivity index (χ3v) is 9.69. The van der Waals surface area contributed by atoms with Gasteiger partial charge in [0.2, 0.25) is 11.8 Å². The topological polar surface area (TPSA) is 86.8 Å². The summed E-state index contributed by atoms with van der Waals surface area (Å²) in [6, 6.07) is 24.4. The average Bonchev–Trinajstić information content (AvgIpc) is 3.03. The summed E-state index contributed by atoms with van der Waals surface area (Å²) in [6.07, 6.45) is 0.844. The third kappa shape index (κ3) is 8.84. The van der Waals surface area contributed by atoms with Crippen molar-refractivity contribution < 1.29 is 22.4 Å².